The molecule has 30 heavy (non-hydrogen) atoms. The minimum absolute atomic E-state index is 0.0941. The largest absolute Gasteiger partial charge is 0.393 e. The van der Waals surface area contributed by atoms with Crippen molar-refractivity contribution in [3.05, 3.63) is 71.9 Å². The number of rotatable bonds is 6. The van der Waals surface area contributed by atoms with Crippen molar-refractivity contribution in [3.63, 3.8) is 0 Å². The SMILES string of the molecule is O=C(Cn1nc(-c2ccncc2)cc1Cc1ccc(F)cc1)N[C@H]1CC[C@@H](O)CC1. The number of aromatic nitrogens is 3. The summed E-state index contributed by atoms with van der Waals surface area (Å²) in [6, 6.07) is 12.2. The number of benzene rings is 1. The molecule has 156 valence electrons. The number of pyridine rings is 1. The molecule has 1 amide bonds. The second-order valence-corrected chi connectivity index (χ2v) is 7.79. The molecule has 0 bridgehead atoms. The van der Waals surface area contributed by atoms with Crippen molar-refractivity contribution in [2.45, 2.75) is 50.8 Å². The first-order valence-electron chi connectivity index (χ1n) is 10.3. The van der Waals surface area contributed by atoms with Crippen LogP contribution in [0.3, 0.4) is 0 Å². The number of carbonyl (C=O) groups excluding carboxylic acids is 1. The van der Waals surface area contributed by atoms with Gasteiger partial charge >= 0.3 is 0 Å². The highest BCUT2D eigenvalue weighted by Crippen LogP contribution is 2.21. The summed E-state index contributed by atoms with van der Waals surface area (Å²) >= 11 is 0. The van der Waals surface area contributed by atoms with Crippen LogP contribution in [0.5, 0.6) is 0 Å². The number of aliphatic hydroxyl groups is 1. The molecular formula is C23H25FN4O2. The van der Waals surface area contributed by atoms with E-state index in [4.69, 9.17) is 0 Å². The fraction of sp³-hybridized carbons (Fsp3) is 0.348. The van der Waals surface area contributed by atoms with Gasteiger partial charge in [-0.25, -0.2) is 4.39 Å². The molecule has 0 saturated heterocycles. The van der Waals surface area contributed by atoms with E-state index >= 15 is 0 Å². The first-order valence-corrected chi connectivity index (χ1v) is 10.3. The molecular weight excluding hydrogens is 383 g/mol. The predicted octanol–water partition coefficient (Wildman–Crippen LogP) is 3.09. The average Bonchev–Trinajstić information content (AvgIpc) is 3.14. The van der Waals surface area contributed by atoms with Crippen LogP contribution in [0.2, 0.25) is 0 Å². The van der Waals surface area contributed by atoms with E-state index in [9.17, 15) is 14.3 Å². The minimum atomic E-state index is -0.276. The number of nitrogens with one attached hydrogen (secondary N) is 1. The molecule has 1 aromatic carbocycles. The number of hydrogen-bond donors (Lipinski definition) is 2. The first kappa shape index (κ1) is 20.2. The van der Waals surface area contributed by atoms with E-state index in [1.54, 1.807) is 29.2 Å². The van der Waals surface area contributed by atoms with Gasteiger partial charge < -0.3 is 10.4 Å². The Labute approximate surface area is 174 Å². The molecule has 1 aliphatic carbocycles. The molecule has 2 heterocycles. The van der Waals surface area contributed by atoms with Crippen molar-refractivity contribution in [3.8, 4) is 11.3 Å². The van der Waals surface area contributed by atoms with Crippen LogP contribution in [0.25, 0.3) is 11.3 Å². The third kappa shape index (κ3) is 5.10. The van der Waals surface area contributed by atoms with Crippen molar-refractivity contribution in [2.24, 2.45) is 0 Å². The third-order valence-electron chi connectivity index (χ3n) is 5.49. The molecule has 6 nitrogen and oxygen atoms in total. The predicted molar refractivity (Wildman–Crippen MR) is 111 cm³/mol. The fourth-order valence-electron chi connectivity index (χ4n) is 3.84. The highest BCUT2D eigenvalue weighted by atomic mass is 19.1. The fourth-order valence-corrected chi connectivity index (χ4v) is 3.84. The van der Waals surface area contributed by atoms with Gasteiger partial charge in [-0.1, -0.05) is 12.1 Å². The Balaban J connectivity index is 1.52. The van der Waals surface area contributed by atoms with Crippen molar-refractivity contribution in [1.82, 2.24) is 20.1 Å². The van der Waals surface area contributed by atoms with Crippen molar-refractivity contribution in [2.75, 3.05) is 0 Å². The molecule has 0 unspecified atom stereocenters. The lowest BCUT2D eigenvalue weighted by Gasteiger charge is -2.26. The zero-order valence-corrected chi connectivity index (χ0v) is 16.7. The van der Waals surface area contributed by atoms with Crippen LogP contribution >= 0.6 is 0 Å². The number of nitrogens with zero attached hydrogens (tertiary/aromatic N) is 3. The van der Waals surface area contributed by atoms with E-state index < -0.39 is 0 Å². The lowest BCUT2D eigenvalue weighted by atomic mass is 9.93. The van der Waals surface area contributed by atoms with Gasteiger partial charge in [0.05, 0.1) is 11.8 Å². The normalized spacial score (nSPS) is 18.9. The van der Waals surface area contributed by atoms with Crippen LogP contribution in [0.4, 0.5) is 4.39 Å². The Kier molecular flexibility index (Phi) is 6.18. The van der Waals surface area contributed by atoms with E-state index in [0.717, 1.165) is 35.4 Å². The van der Waals surface area contributed by atoms with Gasteiger partial charge in [-0.05, 0) is 61.6 Å². The van der Waals surface area contributed by atoms with Gasteiger partial charge in [0, 0.05) is 36.1 Å². The Morgan fingerprint density at radius 1 is 1.10 bits per heavy atom. The molecule has 3 aromatic rings. The summed E-state index contributed by atoms with van der Waals surface area (Å²) in [7, 11) is 0. The molecule has 1 saturated carbocycles. The average molecular weight is 408 g/mol. The Morgan fingerprint density at radius 3 is 2.50 bits per heavy atom. The molecule has 0 atom stereocenters. The third-order valence-corrected chi connectivity index (χ3v) is 5.49. The summed E-state index contributed by atoms with van der Waals surface area (Å²) in [5, 5.41) is 17.4. The number of hydrogen-bond acceptors (Lipinski definition) is 4. The van der Waals surface area contributed by atoms with Gasteiger partial charge in [0.1, 0.15) is 12.4 Å². The van der Waals surface area contributed by atoms with Crippen molar-refractivity contribution < 1.29 is 14.3 Å². The molecule has 7 heteroatoms. The quantitative estimate of drug-likeness (QED) is 0.657. The van der Waals surface area contributed by atoms with Gasteiger partial charge in [-0.15, -0.1) is 0 Å². The van der Waals surface area contributed by atoms with Crippen molar-refractivity contribution in [1.29, 1.82) is 0 Å². The summed E-state index contributed by atoms with van der Waals surface area (Å²) in [6.07, 6.45) is 6.71. The van der Waals surface area contributed by atoms with Crippen LogP contribution in [-0.4, -0.2) is 37.9 Å². The summed E-state index contributed by atoms with van der Waals surface area (Å²) in [5.74, 6) is -0.372. The number of carbonyl (C=O) groups is 1. The molecule has 1 aliphatic rings. The number of amides is 1. The molecule has 0 spiro atoms. The van der Waals surface area contributed by atoms with Gasteiger partial charge in [0.2, 0.25) is 5.91 Å². The molecule has 2 aromatic heterocycles. The van der Waals surface area contributed by atoms with E-state index in [2.05, 4.69) is 15.4 Å². The second kappa shape index (κ2) is 9.17. The summed E-state index contributed by atoms with van der Waals surface area (Å²) in [4.78, 5) is 16.7. The lowest BCUT2D eigenvalue weighted by Crippen LogP contribution is -2.40. The van der Waals surface area contributed by atoms with Crippen LogP contribution in [-0.2, 0) is 17.8 Å². The van der Waals surface area contributed by atoms with E-state index in [1.165, 1.54) is 12.1 Å². The second-order valence-electron chi connectivity index (χ2n) is 7.79. The maximum Gasteiger partial charge on any atom is 0.241 e. The van der Waals surface area contributed by atoms with Crippen LogP contribution in [0, 0.1) is 5.82 Å². The van der Waals surface area contributed by atoms with Crippen molar-refractivity contribution >= 4 is 5.91 Å². The summed E-state index contributed by atoms with van der Waals surface area (Å²) < 4.78 is 15.0. The molecule has 0 radical (unpaired) electrons. The minimum Gasteiger partial charge on any atom is -0.393 e. The molecule has 2 N–H and O–H groups in total. The highest BCUT2D eigenvalue weighted by Gasteiger charge is 2.21. The Hall–Kier alpha value is -3.06. The first-order chi connectivity index (χ1) is 14.6. The van der Waals surface area contributed by atoms with Gasteiger partial charge in [0.25, 0.3) is 0 Å². The molecule has 4 rings (SSSR count). The topological polar surface area (TPSA) is 80.0 Å². The number of halogens is 1. The van der Waals surface area contributed by atoms with E-state index in [-0.39, 0.29) is 30.4 Å². The van der Waals surface area contributed by atoms with E-state index in [1.807, 2.05) is 18.2 Å². The molecule has 0 aliphatic heterocycles. The maximum absolute atomic E-state index is 13.3. The monoisotopic (exact) mass is 408 g/mol. The van der Waals surface area contributed by atoms with Crippen LogP contribution < -0.4 is 5.32 Å². The Bertz CT molecular complexity index is 980. The summed E-state index contributed by atoms with van der Waals surface area (Å²) in [6.45, 7) is 0.112. The van der Waals surface area contributed by atoms with Crippen LogP contribution in [0.1, 0.15) is 36.9 Å². The zero-order valence-electron chi connectivity index (χ0n) is 16.7. The lowest BCUT2D eigenvalue weighted by molar-refractivity contribution is -0.123. The van der Waals surface area contributed by atoms with Crippen LogP contribution in [0.15, 0.2) is 54.9 Å². The molecule has 1 fully saturated rings. The smallest absolute Gasteiger partial charge is 0.241 e. The van der Waals surface area contributed by atoms with Gasteiger partial charge in [0.15, 0.2) is 0 Å². The van der Waals surface area contributed by atoms with E-state index in [0.29, 0.717) is 19.3 Å². The maximum atomic E-state index is 13.3. The standard InChI is InChI=1S/C23H25FN4O2/c24-18-3-1-16(2-4-18)13-20-14-22(17-9-11-25-12-10-17)27-28(20)15-23(30)26-19-5-7-21(29)8-6-19/h1-4,9-12,14,19,21,29H,5-8,13,15H2,(H,26,30)/t19-,21+. The summed E-state index contributed by atoms with van der Waals surface area (Å²) in [5.41, 5.74) is 3.51. The highest BCUT2D eigenvalue weighted by molar-refractivity contribution is 5.76. The number of aliphatic hydroxyl groups excluding tert-OH is 1. The van der Waals surface area contributed by atoms with Gasteiger partial charge in [-0.3, -0.25) is 14.5 Å². The zero-order chi connectivity index (χ0) is 20.9. The Morgan fingerprint density at radius 2 is 1.80 bits per heavy atom. The van der Waals surface area contributed by atoms with Gasteiger partial charge in [-0.2, -0.15) is 5.10 Å².